The molecule has 0 bridgehead atoms. The lowest BCUT2D eigenvalue weighted by molar-refractivity contribution is 0.0767. The number of para-hydroxylation sites is 1. The maximum Gasteiger partial charge on any atom is 0.253 e. The number of benzene rings is 3. The second kappa shape index (κ2) is 10.5. The van der Waals surface area contributed by atoms with Crippen LogP contribution in [0.5, 0.6) is 0 Å². The van der Waals surface area contributed by atoms with E-state index in [1.165, 1.54) is 11.1 Å². The van der Waals surface area contributed by atoms with Crippen LogP contribution in [0.25, 0.3) is 16.7 Å². The summed E-state index contributed by atoms with van der Waals surface area (Å²) >= 11 is 0. The molecule has 1 fully saturated rings. The summed E-state index contributed by atoms with van der Waals surface area (Å²) < 4.78 is 1.89. The fraction of sp³-hybridized carbons (Fsp3) is 0.226. The molecule has 0 N–H and O–H groups in total. The van der Waals surface area contributed by atoms with E-state index in [0.717, 1.165) is 53.4 Å². The van der Waals surface area contributed by atoms with Crippen LogP contribution in [-0.2, 0) is 6.42 Å². The predicted molar refractivity (Wildman–Crippen MR) is 150 cm³/mol. The Morgan fingerprint density at radius 3 is 2.32 bits per heavy atom. The van der Waals surface area contributed by atoms with Crippen molar-refractivity contribution < 1.29 is 4.79 Å². The SMILES string of the molecule is Cc1ccc(Cc2nc(N3CCCN(C(=O)c4ccccc4)CC3)c3cnn(-c4ccccc4)c3n2)cc1. The Kier molecular flexibility index (Phi) is 6.56. The van der Waals surface area contributed by atoms with Gasteiger partial charge in [-0.15, -0.1) is 0 Å². The van der Waals surface area contributed by atoms with Crippen LogP contribution in [0.15, 0.2) is 91.1 Å². The summed E-state index contributed by atoms with van der Waals surface area (Å²) in [4.78, 5) is 27.4. The van der Waals surface area contributed by atoms with E-state index >= 15 is 0 Å². The number of hydrogen-bond donors (Lipinski definition) is 0. The van der Waals surface area contributed by atoms with Crippen LogP contribution >= 0.6 is 0 Å². The number of anilines is 1. The lowest BCUT2D eigenvalue weighted by Gasteiger charge is -2.24. The molecule has 0 unspecified atom stereocenters. The van der Waals surface area contributed by atoms with Crippen LogP contribution in [-0.4, -0.2) is 56.7 Å². The molecule has 2 aromatic heterocycles. The molecule has 1 saturated heterocycles. The molecule has 7 heteroatoms. The number of carbonyl (C=O) groups is 1. The molecule has 0 radical (unpaired) electrons. The van der Waals surface area contributed by atoms with Gasteiger partial charge in [0, 0.05) is 38.2 Å². The van der Waals surface area contributed by atoms with E-state index < -0.39 is 0 Å². The number of fused-ring (bicyclic) bond motifs is 1. The summed E-state index contributed by atoms with van der Waals surface area (Å²) in [6.45, 7) is 4.96. The number of nitrogens with zero attached hydrogens (tertiary/aromatic N) is 6. The first-order valence-corrected chi connectivity index (χ1v) is 13.1. The van der Waals surface area contributed by atoms with Gasteiger partial charge in [-0.1, -0.05) is 66.2 Å². The third-order valence-corrected chi connectivity index (χ3v) is 7.04. The first kappa shape index (κ1) is 23.9. The summed E-state index contributed by atoms with van der Waals surface area (Å²) in [6.07, 6.45) is 3.37. The number of hydrogen-bond acceptors (Lipinski definition) is 5. The fourth-order valence-electron chi connectivity index (χ4n) is 5.00. The van der Waals surface area contributed by atoms with Gasteiger partial charge in [0.25, 0.3) is 5.91 Å². The van der Waals surface area contributed by atoms with Gasteiger partial charge >= 0.3 is 0 Å². The van der Waals surface area contributed by atoms with E-state index in [0.29, 0.717) is 19.5 Å². The molecule has 0 saturated carbocycles. The standard InChI is InChI=1S/C31H30N6O/c1-23-13-15-24(16-14-23)21-28-33-29(27-22-32-37(30(27)34-28)26-11-6-3-7-12-26)35-17-8-18-36(20-19-35)31(38)25-9-4-2-5-10-25/h2-7,9-16,22H,8,17-21H2,1H3. The van der Waals surface area contributed by atoms with Gasteiger partial charge in [0.05, 0.1) is 17.3 Å². The molecule has 0 aliphatic carbocycles. The maximum atomic E-state index is 13.1. The molecule has 6 rings (SSSR count). The summed E-state index contributed by atoms with van der Waals surface area (Å²) in [5.41, 5.74) is 4.89. The first-order chi connectivity index (χ1) is 18.7. The predicted octanol–water partition coefficient (Wildman–Crippen LogP) is 5.07. The second-order valence-corrected chi connectivity index (χ2v) is 9.75. The molecule has 38 heavy (non-hydrogen) atoms. The molecule has 3 aromatic carbocycles. The molecule has 0 spiro atoms. The average molecular weight is 503 g/mol. The molecule has 1 aliphatic heterocycles. The van der Waals surface area contributed by atoms with Gasteiger partial charge in [-0.05, 0) is 43.2 Å². The highest BCUT2D eigenvalue weighted by atomic mass is 16.2. The zero-order valence-electron chi connectivity index (χ0n) is 21.5. The minimum atomic E-state index is 0.0808. The van der Waals surface area contributed by atoms with Crippen LogP contribution in [0.2, 0.25) is 0 Å². The van der Waals surface area contributed by atoms with Crippen molar-refractivity contribution in [1.82, 2.24) is 24.6 Å². The molecule has 1 amide bonds. The second-order valence-electron chi connectivity index (χ2n) is 9.75. The number of amides is 1. The van der Waals surface area contributed by atoms with Gasteiger partial charge in [-0.2, -0.15) is 5.10 Å². The van der Waals surface area contributed by atoms with E-state index in [4.69, 9.17) is 15.1 Å². The minimum absolute atomic E-state index is 0.0808. The maximum absolute atomic E-state index is 13.1. The van der Waals surface area contributed by atoms with Gasteiger partial charge in [0.1, 0.15) is 11.6 Å². The lowest BCUT2D eigenvalue weighted by atomic mass is 10.1. The van der Waals surface area contributed by atoms with Gasteiger partial charge in [0.15, 0.2) is 5.65 Å². The highest BCUT2D eigenvalue weighted by molar-refractivity contribution is 5.94. The molecule has 3 heterocycles. The van der Waals surface area contributed by atoms with Crippen molar-refractivity contribution in [3.05, 3.63) is 114 Å². The Labute approximate surface area is 222 Å². The van der Waals surface area contributed by atoms with Crippen molar-refractivity contribution in [2.24, 2.45) is 0 Å². The van der Waals surface area contributed by atoms with E-state index in [1.54, 1.807) is 0 Å². The van der Waals surface area contributed by atoms with Crippen LogP contribution in [0, 0.1) is 6.92 Å². The van der Waals surface area contributed by atoms with Crippen molar-refractivity contribution >= 4 is 22.8 Å². The Morgan fingerprint density at radius 2 is 1.55 bits per heavy atom. The van der Waals surface area contributed by atoms with E-state index in [2.05, 4.69) is 36.1 Å². The van der Waals surface area contributed by atoms with Crippen molar-refractivity contribution in [1.29, 1.82) is 0 Å². The topological polar surface area (TPSA) is 67.2 Å². The van der Waals surface area contributed by atoms with Gasteiger partial charge < -0.3 is 9.80 Å². The molecular weight excluding hydrogens is 472 g/mol. The molecule has 5 aromatic rings. The summed E-state index contributed by atoms with van der Waals surface area (Å²) in [5.74, 6) is 1.72. The Bertz CT molecular complexity index is 1550. The molecule has 0 atom stereocenters. The summed E-state index contributed by atoms with van der Waals surface area (Å²) in [7, 11) is 0. The molecule has 1 aliphatic rings. The van der Waals surface area contributed by atoms with Gasteiger partial charge in [0.2, 0.25) is 0 Å². The normalized spacial score (nSPS) is 14.0. The Morgan fingerprint density at radius 1 is 0.816 bits per heavy atom. The zero-order valence-corrected chi connectivity index (χ0v) is 21.5. The minimum Gasteiger partial charge on any atom is -0.354 e. The van der Waals surface area contributed by atoms with Crippen molar-refractivity contribution in [2.45, 2.75) is 19.8 Å². The van der Waals surface area contributed by atoms with Gasteiger partial charge in [-0.3, -0.25) is 4.79 Å². The quantitative estimate of drug-likeness (QED) is 0.336. The van der Waals surface area contributed by atoms with E-state index in [1.807, 2.05) is 76.4 Å². The molecule has 7 nitrogen and oxygen atoms in total. The highest BCUT2D eigenvalue weighted by Gasteiger charge is 2.24. The van der Waals surface area contributed by atoms with Crippen molar-refractivity contribution in [3.63, 3.8) is 0 Å². The van der Waals surface area contributed by atoms with Crippen LogP contribution < -0.4 is 4.90 Å². The largest absolute Gasteiger partial charge is 0.354 e. The number of carbonyl (C=O) groups excluding carboxylic acids is 1. The highest BCUT2D eigenvalue weighted by Crippen LogP contribution is 2.27. The third kappa shape index (κ3) is 4.87. The smallest absolute Gasteiger partial charge is 0.253 e. The number of aryl methyl sites for hydroxylation is 1. The molecular formula is C31H30N6O. The lowest BCUT2D eigenvalue weighted by Crippen LogP contribution is -2.35. The Hall–Kier alpha value is -4.52. The first-order valence-electron chi connectivity index (χ1n) is 13.1. The van der Waals surface area contributed by atoms with Crippen LogP contribution in [0.4, 0.5) is 5.82 Å². The zero-order chi connectivity index (χ0) is 25.9. The number of rotatable bonds is 5. The van der Waals surface area contributed by atoms with E-state index in [9.17, 15) is 4.79 Å². The third-order valence-electron chi connectivity index (χ3n) is 7.04. The Balaban J connectivity index is 1.35. The fourth-order valence-corrected chi connectivity index (χ4v) is 5.00. The van der Waals surface area contributed by atoms with Crippen molar-refractivity contribution in [2.75, 3.05) is 31.1 Å². The van der Waals surface area contributed by atoms with Gasteiger partial charge in [-0.25, -0.2) is 14.6 Å². The van der Waals surface area contributed by atoms with Crippen LogP contribution in [0.1, 0.15) is 33.7 Å². The summed E-state index contributed by atoms with van der Waals surface area (Å²) in [5, 5.41) is 5.63. The van der Waals surface area contributed by atoms with Crippen molar-refractivity contribution in [3.8, 4) is 5.69 Å². The monoisotopic (exact) mass is 502 g/mol. The average Bonchev–Trinajstić information content (AvgIpc) is 3.23. The number of aromatic nitrogens is 4. The van der Waals surface area contributed by atoms with Crippen LogP contribution in [0.3, 0.4) is 0 Å². The summed E-state index contributed by atoms with van der Waals surface area (Å²) in [6, 6.07) is 28.1. The van der Waals surface area contributed by atoms with E-state index in [-0.39, 0.29) is 5.91 Å². The molecule has 190 valence electrons.